The summed E-state index contributed by atoms with van der Waals surface area (Å²) in [5.41, 5.74) is -1.03. The van der Waals surface area contributed by atoms with Crippen LogP contribution < -0.4 is 20.1 Å². The molecule has 5 aliphatic rings. The SMILES string of the molecule is CC(C)(C)OC(=O)NC1CCCCCC=CC2CCC2(C(=O)NS(=O)(=O)C2(C)CC2)NC(=O)C2CC3(CCc4c(c(-c5cccc(F)c5)nc5ccccc45)O3)CN2C1=O. The number of carbonyl (C=O) groups excluding carboxylic acids is 4. The number of rotatable bonds is 5. The van der Waals surface area contributed by atoms with Crippen molar-refractivity contribution in [3.63, 3.8) is 0 Å². The van der Waals surface area contributed by atoms with Gasteiger partial charge in [-0.05, 0) is 104 Å². The molecule has 5 unspecified atom stereocenters. The number of benzene rings is 2. The fraction of sp³-hybridized carbons (Fsp3) is 0.533. The van der Waals surface area contributed by atoms with Crippen LogP contribution in [0, 0.1) is 11.7 Å². The number of hydrogen-bond acceptors (Lipinski definition) is 9. The number of pyridine rings is 1. The molecule has 5 atom stereocenters. The molecule has 1 aromatic heterocycles. The van der Waals surface area contributed by atoms with Gasteiger partial charge in [0.05, 0.1) is 16.8 Å². The molecule has 3 N–H and O–H groups in total. The first-order valence-corrected chi connectivity index (χ1v) is 22.6. The van der Waals surface area contributed by atoms with Crippen LogP contribution in [0.1, 0.15) is 104 Å². The molecule has 2 saturated carbocycles. The second kappa shape index (κ2) is 15.4. The molecule has 320 valence electrons. The van der Waals surface area contributed by atoms with Gasteiger partial charge in [-0.1, -0.05) is 55.3 Å². The van der Waals surface area contributed by atoms with E-state index in [1.54, 1.807) is 39.8 Å². The van der Waals surface area contributed by atoms with E-state index in [0.29, 0.717) is 67.5 Å². The lowest BCUT2D eigenvalue weighted by atomic mass is 9.65. The second-order valence-electron chi connectivity index (χ2n) is 18.5. The molecule has 2 aromatic carbocycles. The number of halogens is 1. The predicted molar refractivity (Wildman–Crippen MR) is 223 cm³/mol. The van der Waals surface area contributed by atoms with E-state index in [1.807, 2.05) is 36.4 Å². The van der Waals surface area contributed by atoms with Crippen molar-refractivity contribution in [3.8, 4) is 17.0 Å². The fourth-order valence-corrected chi connectivity index (χ4v) is 10.4. The number of para-hydroxylation sites is 1. The van der Waals surface area contributed by atoms with Crippen LogP contribution in [0.25, 0.3) is 22.2 Å². The Morgan fingerprint density at radius 2 is 1.80 bits per heavy atom. The number of sulfonamides is 1. The van der Waals surface area contributed by atoms with Gasteiger partial charge in [-0.15, -0.1) is 0 Å². The number of amides is 4. The van der Waals surface area contributed by atoms with Crippen LogP contribution in [0.5, 0.6) is 5.75 Å². The third kappa shape index (κ3) is 7.96. The van der Waals surface area contributed by atoms with E-state index in [4.69, 9.17) is 14.5 Å². The first-order chi connectivity index (χ1) is 28.4. The molecular formula is C45H54FN5O8S. The van der Waals surface area contributed by atoms with Crippen LogP contribution in [-0.2, 0) is 35.6 Å². The number of aryl methyl sites for hydroxylation is 1. The summed E-state index contributed by atoms with van der Waals surface area (Å²) in [5, 5.41) is 6.66. The largest absolute Gasteiger partial charge is 0.483 e. The molecule has 60 heavy (non-hydrogen) atoms. The maximum Gasteiger partial charge on any atom is 0.408 e. The molecule has 0 bridgehead atoms. The molecule has 4 amide bonds. The van der Waals surface area contributed by atoms with Gasteiger partial charge in [-0.2, -0.15) is 0 Å². The van der Waals surface area contributed by atoms with E-state index >= 15 is 0 Å². The first-order valence-electron chi connectivity index (χ1n) is 21.1. The number of allylic oxidation sites excluding steroid dienone is 1. The molecule has 4 heterocycles. The smallest absolute Gasteiger partial charge is 0.408 e. The zero-order chi connectivity index (χ0) is 42.7. The number of nitrogens with zero attached hydrogens (tertiary/aromatic N) is 2. The Balaban J connectivity index is 1.19. The molecule has 1 saturated heterocycles. The van der Waals surface area contributed by atoms with Crippen molar-refractivity contribution in [2.75, 3.05) is 6.54 Å². The van der Waals surface area contributed by atoms with Gasteiger partial charge in [-0.25, -0.2) is 22.6 Å². The first kappa shape index (κ1) is 41.7. The maximum absolute atomic E-state index is 15.0. The van der Waals surface area contributed by atoms with Crippen molar-refractivity contribution >= 4 is 44.7 Å². The second-order valence-corrected chi connectivity index (χ2v) is 20.7. The summed E-state index contributed by atoms with van der Waals surface area (Å²) in [7, 11) is -4.04. The van der Waals surface area contributed by atoms with Crippen LogP contribution in [0.15, 0.2) is 60.7 Å². The summed E-state index contributed by atoms with van der Waals surface area (Å²) in [6, 6.07) is 11.5. The van der Waals surface area contributed by atoms with Crippen LogP contribution in [0.4, 0.5) is 9.18 Å². The maximum atomic E-state index is 15.0. The minimum atomic E-state index is -4.04. The van der Waals surface area contributed by atoms with Gasteiger partial charge in [0.25, 0.3) is 5.91 Å². The minimum Gasteiger partial charge on any atom is -0.483 e. The lowest BCUT2D eigenvalue weighted by molar-refractivity contribution is -0.144. The Kier molecular flexibility index (Phi) is 10.7. The van der Waals surface area contributed by atoms with Gasteiger partial charge in [0, 0.05) is 28.9 Å². The number of hydrogen-bond donors (Lipinski definition) is 3. The van der Waals surface area contributed by atoms with Crippen LogP contribution in [-0.4, -0.2) is 82.2 Å². The number of carbonyl (C=O) groups is 4. The van der Waals surface area contributed by atoms with Gasteiger partial charge in [0.1, 0.15) is 46.1 Å². The highest BCUT2D eigenvalue weighted by Crippen LogP contribution is 2.49. The summed E-state index contributed by atoms with van der Waals surface area (Å²) in [5.74, 6) is -2.43. The summed E-state index contributed by atoms with van der Waals surface area (Å²) in [4.78, 5) is 63.8. The van der Waals surface area contributed by atoms with Crippen molar-refractivity contribution in [1.29, 1.82) is 0 Å². The monoisotopic (exact) mass is 843 g/mol. The molecular weight excluding hydrogens is 790 g/mol. The number of alkyl carbamates (subject to hydrolysis) is 1. The molecule has 15 heteroatoms. The number of aromatic nitrogens is 1. The van der Waals surface area contributed by atoms with Crippen LogP contribution >= 0.6 is 0 Å². The Morgan fingerprint density at radius 1 is 1.02 bits per heavy atom. The van der Waals surface area contributed by atoms with E-state index in [-0.39, 0.29) is 25.8 Å². The van der Waals surface area contributed by atoms with Crippen molar-refractivity contribution < 1.29 is 41.5 Å². The topological polar surface area (TPSA) is 173 Å². The Labute approximate surface area is 350 Å². The van der Waals surface area contributed by atoms with E-state index in [9.17, 15) is 32.0 Å². The Hall–Kier alpha value is -5.05. The molecule has 2 aliphatic carbocycles. The number of nitrogens with one attached hydrogen (secondary N) is 3. The average molecular weight is 844 g/mol. The number of ether oxygens (including phenoxy) is 2. The van der Waals surface area contributed by atoms with Crippen LogP contribution in [0.2, 0.25) is 0 Å². The predicted octanol–water partition coefficient (Wildman–Crippen LogP) is 6.38. The average Bonchev–Trinajstić information content (AvgIpc) is 3.85. The number of fused-ring (bicyclic) bond motifs is 5. The summed E-state index contributed by atoms with van der Waals surface area (Å²) in [6.07, 6.45) is 8.67. The summed E-state index contributed by atoms with van der Waals surface area (Å²) in [6.45, 7) is 6.74. The quantitative estimate of drug-likeness (QED) is 0.247. The molecule has 0 radical (unpaired) electrons. The molecule has 3 aromatic rings. The Morgan fingerprint density at radius 3 is 2.52 bits per heavy atom. The van der Waals surface area contributed by atoms with E-state index in [2.05, 4.69) is 15.4 Å². The highest BCUT2D eigenvalue weighted by Gasteiger charge is 2.59. The molecule has 13 nitrogen and oxygen atoms in total. The van der Waals surface area contributed by atoms with Gasteiger partial charge in [0.2, 0.25) is 21.8 Å². The molecule has 3 aliphatic heterocycles. The summed E-state index contributed by atoms with van der Waals surface area (Å²) < 4.78 is 55.4. The lowest BCUT2D eigenvalue weighted by Crippen LogP contribution is -2.70. The standard InChI is InChI=1S/C45H54FN5O8S/c1-42(2,3)59-41(55)48-34-18-9-7-5-6-8-14-29-19-22-45(29,40(54)50-60(56,57)43(4)23-24-43)49-38(52)35-26-44(27-51(35)39(34)53)21-20-32-31-16-10-11-17-33(31)47-36(37(32)58-44)28-13-12-15-30(46)25-28/h8,10-17,25,29,34-35H,5-7,9,18-24,26-27H2,1-4H3,(H,48,55)(H,49,52)(H,50,54). The van der Waals surface area contributed by atoms with Gasteiger partial charge in [0.15, 0.2) is 0 Å². The molecule has 1 spiro atoms. The normalized spacial score (nSPS) is 27.8. The molecule has 8 rings (SSSR count). The molecule has 3 fully saturated rings. The zero-order valence-electron chi connectivity index (χ0n) is 34.6. The van der Waals surface area contributed by atoms with Crippen LogP contribution in [0.3, 0.4) is 0 Å². The lowest BCUT2D eigenvalue weighted by Gasteiger charge is -2.48. The van der Waals surface area contributed by atoms with E-state index in [0.717, 1.165) is 23.8 Å². The van der Waals surface area contributed by atoms with Gasteiger partial charge in [-0.3, -0.25) is 19.1 Å². The minimum absolute atomic E-state index is 0.0210. The van der Waals surface area contributed by atoms with Gasteiger partial charge < -0.3 is 25.0 Å². The third-order valence-electron chi connectivity index (χ3n) is 13.0. The highest BCUT2D eigenvalue weighted by atomic mass is 32.2. The fourth-order valence-electron chi connectivity index (χ4n) is 9.13. The van der Waals surface area contributed by atoms with Crippen molar-refractivity contribution in [2.24, 2.45) is 5.92 Å². The Bertz CT molecular complexity index is 2380. The highest BCUT2D eigenvalue weighted by molar-refractivity contribution is 7.91. The van der Waals surface area contributed by atoms with Crippen molar-refractivity contribution in [2.45, 2.75) is 138 Å². The summed E-state index contributed by atoms with van der Waals surface area (Å²) >= 11 is 0. The van der Waals surface area contributed by atoms with Crippen molar-refractivity contribution in [3.05, 3.63) is 72.1 Å². The zero-order valence-corrected chi connectivity index (χ0v) is 35.5. The van der Waals surface area contributed by atoms with E-state index in [1.165, 1.54) is 17.0 Å². The van der Waals surface area contributed by atoms with Gasteiger partial charge >= 0.3 is 6.09 Å². The van der Waals surface area contributed by atoms with Crippen molar-refractivity contribution in [1.82, 2.24) is 25.2 Å². The third-order valence-corrected chi connectivity index (χ3v) is 15.1. The van der Waals surface area contributed by atoms with E-state index < -0.39 is 79.1 Å².